The molecule has 2 aliphatic rings. The van der Waals surface area contributed by atoms with Crippen LogP contribution in [-0.2, 0) is 11.3 Å². The van der Waals surface area contributed by atoms with Gasteiger partial charge in [0.05, 0.1) is 23.9 Å². The van der Waals surface area contributed by atoms with Crippen LogP contribution in [0, 0.1) is 6.92 Å². The molecule has 2 aromatic heterocycles. The van der Waals surface area contributed by atoms with E-state index in [2.05, 4.69) is 20.5 Å². The second-order valence-corrected chi connectivity index (χ2v) is 7.38. The van der Waals surface area contributed by atoms with Gasteiger partial charge in [0.15, 0.2) is 11.5 Å². The Hall–Kier alpha value is -2.29. The zero-order valence-corrected chi connectivity index (χ0v) is 14.7. The lowest BCUT2D eigenvalue weighted by atomic mass is 10.0. The number of ether oxygens (including phenoxy) is 1. The summed E-state index contributed by atoms with van der Waals surface area (Å²) in [7, 11) is 0. The first kappa shape index (κ1) is 16.2. The summed E-state index contributed by atoms with van der Waals surface area (Å²) < 4.78 is 12.6. The second-order valence-electron chi connectivity index (χ2n) is 7.38. The zero-order chi connectivity index (χ0) is 17.6. The van der Waals surface area contributed by atoms with Crippen LogP contribution in [0.2, 0.25) is 0 Å². The average Bonchev–Trinajstić information content (AvgIpc) is 3.26. The molecule has 134 valence electrons. The minimum Gasteiger partial charge on any atom is -0.368 e. The molecule has 0 bridgehead atoms. The number of carbonyl (C=O) groups excluding carboxylic acids is 1. The molecule has 0 spiro atoms. The third kappa shape index (κ3) is 3.15. The van der Waals surface area contributed by atoms with E-state index in [0.717, 1.165) is 19.3 Å². The summed E-state index contributed by atoms with van der Waals surface area (Å²) in [6, 6.07) is 0.130. The van der Waals surface area contributed by atoms with E-state index in [1.54, 1.807) is 17.8 Å². The number of hydrogen-bond acceptors (Lipinski definition) is 7. The van der Waals surface area contributed by atoms with Crippen molar-refractivity contribution in [3.05, 3.63) is 23.6 Å². The Kier molecular flexibility index (Phi) is 3.82. The molecule has 2 aromatic rings. The molecular formula is C16H22N6O3. The molecule has 0 unspecified atom stereocenters. The average molecular weight is 346 g/mol. The topological polar surface area (TPSA) is 99.2 Å². The van der Waals surface area contributed by atoms with Gasteiger partial charge in [-0.05, 0) is 33.1 Å². The van der Waals surface area contributed by atoms with E-state index >= 15 is 0 Å². The second kappa shape index (κ2) is 5.91. The summed E-state index contributed by atoms with van der Waals surface area (Å²) in [5, 5.41) is 11.9. The number of amides is 1. The van der Waals surface area contributed by atoms with E-state index in [1.165, 1.54) is 0 Å². The number of nitrogens with zero attached hydrogens (tertiary/aromatic N) is 6. The minimum absolute atomic E-state index is 0.0937. The minimum atomic E-state index is -0.348. The Morgan fingerprint density at radius 1 is 1.40 bits per heavy atom. The highest BCUT2D eigenvalue weighted by Gasteiger charge is 2.45. The lowest BCUT2D eigenvalue weighted by Gasteiger charge is -2.45. The normalized spacial score (nSPS) is 25.2. The standard InChI is InChI=1S/C16H22N6O3/c1-10-17-14(19-25-10)8-21-7-11(18-20-21)15(23)22-9-16(2,3)24-13-6-4-5-12(13)22/h7,12-13H,4-6,8-9H2,1-3H3/t12-,13-/m1/s1. The number of fused-ring (bicyclic) bond motifs is 1. The van der Waals surface area contributed by atoms with E-state index in [4.69, 9.17) is 9.26 Å². The van der Waals surface area contributed by atoms with E-state index in [0.29, 0.717) is 30.5 Å². The fourth-order valence-electron chi connectivity index (χ4n) is 3.77. The van der Waals surface area contributed by atoms with Gasteiger partial charge in [0.2, 0.25) is 5.89 Å². The molecule has 1 aliphatic heterocycles. The smallest absolute Gasteiger partial charge is 0.276 e. The quantitative estimate of drug-likeness (QED) is 0.823. The molecule has 2 atom stereocenters. The van der Waals surface area contributed by atoms with Crippen molar-refractivity contribution in [2.75, 3.05) is 6.54 Å². The lowest BCUT2D eigenvalue weighted by molar-refractivity contribution is -0.142. The number of aryl methyl sites for hydroxylation is 1. The first-order valence-corrected chi connectivity index (χ1v) is 8.59. The van der Waals surface area contributed by atoms with Gasteiger partial charge in [-0.1, -0.05) is 10.4 Å². The largest absolute Gasteiger partial charge is 0.368 e. The van der Waals surface area contributed by atoms with Gasteiger partial charge >= 0.3 is 0 Å². The van der Waals surface area contributed by atoms with Crippen molar-refractivity contribution in [1.82, 2.24) is 30.0 Å². The van der Waals surface area contributed by atoms with Gasteiger partial charge in [-0.25, -0.2) is 4.68 Å². The molecule has 1 saturated heterocycles. The third-order valence-corrected chi connectivity index (χ3v) is 4.73. The number of aromatic nitrogens is 5. The molecule has 9 nitrogen and oxygen atoms in total. The van der Waals surface area contributed by atoms with Crippen LogP contribution in [0.4, 0.5) is 0 Å². The van der Waals surface area contributed by atoms with Crippen LogP contribution in [0.15, 0.2) is 10.7 Å². The van der Waals surface area contributed by atoms with Crippen molar-refractivity contribution in [2.24, 2.45) is 0 Å². The van der Waals surface area contributed by atoms with Gasteiger partial charge in [0.25, 0.3) is 5.91 Å². The fourth-order valence-corrected chi connectivity index (χ4v) is 3.77. The van der Waals surface area contributed by atoms with Gasteiger partial charge in [0.1, 0.15) is 6.54 Å². The lowest BCUT2D eigenvalue weighted by Crippen LogP contribution is -2.58. The maximum atomic E-state index is 13.0. The molecule has 25 heavy (non-hydrogen) atoms. The summed E-state index contributed by atoms with van der Waals surface area (Å²) in [4.78, 5) is 19.0. The number of rotatable bonds is 3. The van der Waals surface area contributed by atoms with Crippen molar-refractivity contribution in [2.45, 2.75) is 64.3 Å². The number of hydrogen-bond donors (Lipinski definition) is 0. The zero-order valence-electron chi connectivity index (χ0n) is 14.7. The van der Waals surface area contributed by atoms with Gasteiger partial charge in [-0.15, -0.1) is 5.10 Å². The predicted molar refractivity (Wildman–Crippen MR) is 85.8 cm³/mol. The van der Waals surface area contributed by atoms with Crippen LogP contribution in [0.3, 0.4) is 0 Å². The van der Waals surface area contributed by atoms with Crippen molar-refractivity contribution in [3.63, 3.8) is 0 Å². The number of morpholine rings is 1. The molecule has 9 heteroatoms. The molecule has 1 aliphatic carbocycles. The Morgan fingerprint density at radius 3 is 3.00 bits per heavy atom. The molecule has 0 aromatic carbocycles. The molecule has 3 heterocycles. The van der Waals surface area contributed by atoms with E-state index < -0.39 is 0 Å². The SMILES string of the molecule is Cc1nc(Cn2cc(C(=O)N3CC(C)(C)O[C@@H]4CCC[C@H]43)nn2)no1. The molecule has 0 radical (unpaired) electrons. The summed E-state index contributed by atoms with van der Waals surface area (Å²) in [5.74, 6) is 0.905. The van der Waals surface area contributed by atoms with Crippen LogP contribution < -0.4 is 0 Å². The summed E-state index contributed by atoms with van der Waals surface area (Å²) in [6.07, 6.45) is 4.81. The first-order valence-electron chi connectivity index (χ1n) is 8.59. The summed E-state index contributed by atoms with van der Waals surface area (Å²) in [6.45, 7) is 6.65. The maximum Gasteiger partial charge on any atom is 0.276 e. The summed E-state index contributed by atoms with van der Waals surface area (Å²) in [5.41, 5.74) is -0.0113. The highest BCUT2D eigenvalue weighted by Crippen LogP contribution is 2.36. The van der Waals surface area contributed by atoms with Gasteiger partial charge in [-0.3, -0.25) is 4.79 Å². The van der Waals surface area contributed by atoms with Crippen molar-refractivity contribution >= 4 is 5.91 Å². The van der Waals surface area contributed by atoms with Crippen molar-refractivity contribution in [3.8, 4) is 0 Å². The highest BCUT2D eigenvalue weighted by molar-refractivity contribution is 5.92. The van der Waals surface area contributed by atoms with Crippen LogP contribution in [0.1, 0.15) is 55.3 Å². The first-order chi connectivity index (χ1) is 11.9. The Balaban J connectivity index is 1.52. The van der Waals surface area contributed by atoms with Crippen LogP contribution >= 0.6 is 0 Å². The van der Waals surface area contributed by atoms with Crippen molar-refractivity contribution < 1.29 is 14.1 Å². The van der Waals surface area contributed by atoms with E-state index in [1.807, 2.05) is 18.7 Å². The third-order valence-electron chi connectivity index (χ3n) is 4.73. The molecule has 0 N–H and O–H groups in total. The predicted octanol–water partition coefficient (Wildman–Crippen LogP) is 1.19. The Labute approximate surface area is 145 Å². The van der Waals surface area contributed by atoms with E-state index in [-0.39, 0.29) is 23.7 Å². The van der Waals surface area contributed by atoms with Crippen LogP contribution in [0.25, 0.3) is 0 Å². The summed E-state index contributed by atoms with van der Waals surface area (Å²) >= 11 is 0. The molecule has 1 saturated carbocycles. The van der Waals surface area contributed by atoms with Crippen LogP contribution in [0.5, 0.6) is 0 Å². The monoisotopic (exact) mass is 346 g/mol. The fraction of sp³-hybridized carbons (Fsp3) is 0.688. The maximum absolute atomic E-state index is 13.0. The Bertz CT molecular complexity index is 782. The van der Waals surface area contributed by atoms with E-state index in [9.17, 15) is 4.79 Å². The Morgan fingerprint density at radius 2 is 2.24 bits per heavy atom. The number of carbonyl (C=O) groups is 1. The van der Waals surface area contributed by atoms with Gasteiger partial charge < -0.3 is 14.2 Å². The van der Waals surface area contributed by atoms with Gasteiger partial charge in [-0.2, -0.15) is 4.98 Å². The van der Waals surface area contributed by atoms with Crippen LogP contribution in [-0.4, -0.2) is 60.2 Å². The highest BCUT2D eigenvalue weighted by atomic mass is 16.5. The molecule has 1 amide bonds. The molecule has 4 rings (SSSR count). The van der Waals surface area contributed by atoms with Crippen molar-refractivity contribution in [1.29, 1.82) is 0 Å². The molecule has 2 fully saturated rings. The molecular weight excluding hydrogens is 324 g/mol. The van der Waals surface area contributed by atoms with Gasteiger partial charge in [0, 0.05) is 13.5 Å².